The van der Waals surface area contributed by atoms with Gasteiger partial charge in [0.1, 0.15) is 11.2 Å². The van der Waals surface area contributed by atoms with Gasteiger partial charge >= 0.3 is 0 Å². The van der Waals surface area contributed by atoms with Crippen LogP contribution in [0.2, 0.25) is 0 Å². The monoisotopic (exact) mass is 326 g/mol. The second kappa shape index (κ2) is 6.15. The molecule has 3 rings (SSSR count). The average molecular weight is 326 g/mol. The third-order valence-corrected chi connectivity index (χ3v) is 4.53. The first-order chi connectivity index (χ1) is 11.4. The van der Waals surface area contributed by atoms with E-state index in [9.17, 15) is 9.59 Å². The number of nitrogens with zero attached hydrogens (tertiary/aromatic N) is 1. The Hall–Kier alpha value is -2.56. The molecule has 1 atom stereocenters. The molecule has 1 aliphatic rings. The van der Waals surface area contributed by atoms with Crippen LogP contribution in [-0.2, 0) is 22.6 Å². The Morgan fingerprint density at radius 3 is 2.71 bits per heavy atom. The second-order valence-corrected chi connectivity index (χ2v) is 6.74. The fourth-order valence-electron chi connectivity index (χ4n) is 3.07. The van der Waals surface area contributed by atoms with Crippen molar-refractivity contribution < 1.29 is 14.0 Å². The van der Waals surface area contributed by atoms with Gasteiger partial charge in [-0.05, 0) is 51.0 Å². The predicted octanol–water partition coefficient (Wildman–Crippen LogP) is 2.90. The first-order valence-electron chi connectivity index (χ1n) is 8.13. The highest BCUT2D eigenvalue weighted by Crippen LogP contribution is 2.35. The zero-order valence-electron chi connectivity index (χ0n) is 14.2. The predicted molar refractivity (Wildman–Crippen MR) is 91.4 cm³/mol. The fraction of sp³-hybridized carbons (Fsp3) is 0.368. The molecule has 0 saturated carbocycles. The maximum absolute atomic E-state index is 13.1. The minimum atomic E-state index is -1.15. The van der Waals surface area contributed by atoms with Gasteiger partial charge in [-0.2, -0.15) is 0 Å². The van der Waals surface area contributed by atoms with Gasteiger partial charge in [0.2, 0.25) is 11.8 Å². The molecule has 1 aromatic carbocycles. The second-order valence-electron chi connectivity index (χ2n) is 6.74. The van der Waals surface area contributed by atoms with Crippen molar-refractivity contribution in [2.24, 2.45) is 5.41 Å². The number of nitrogens with one attached hydrogen (secondary N) is 1. The van der Waals surface area contributed by atoms with Crippen molar-refractivity contribution in [1.82, 2.24) is 5.32 Å². The molecule has 0 radical (unpaired) electrons. The lowest BCUT2D eigenvalue weighted by Gasteiger charge is -2.31. The molecule has 0 fully saturated rings. The molecule has 1 aromatic heterocycles. The summed E-state index contributed by atoms with van der Waals surface area (Å²) in [6.45, 7) is 5.62. The number of hydrogen-bond acceptors (Lipinski definition) is 3. The molecule has 2 heterocycles. The number of para-hydroxylation sites is 1. The number of amides is 2. The van der Waals surface area contributed by atoms with Crippen molar-refractivity contribution >= 4 is 17.5 Å². The zero-order valence-corrected chi connectivity index (χ0v) is 14.2. The molecular weight excluding hydrogens is 304 g/mol. The summed E-state index contributed by atoms with van der Waals surface area (Å²) in [6, 6.07) is 11.5. The standard InChI is InChI=1S/C19H22N2O3/c1-13-11-14-7-4-5-9-16(14)21(13)18(23)19(2,3)17(22)20-12-15-8-6-10-24-15/h4-10,13H,11-12H2,1-3H3,(H,20,22). The van der Waals surface area contributed by atoms with Crippen LogP contribution in [0.15, 0.2) is 47.1 Å². The quantitative estimate of drug-likeness (QED) is 0.879. The van der Waals surface area contributed by atoms with Crippen LogP contribution in [0, 0.1) is 5.41 Å². The van der Waals surface area contributed by atoms with Crippen LogP contribution in [0.4, 0.5) is 5.69 Å². The number of rotatable bonds is 4. The summed E-state index contributed by atoms with van der Waals surface area (Å²) in [6.07, 6.45) is 2.37. The first kappa shape index (κ1) is 16.3. The fourth-order valence-corrected chi connectivity index (χ4v) is 3.07. The number of hydrogen-bond donors (Lipinski definition) is 1. The van der Waals surface area contributed by atoms with Gasteiger partial charge in [-0.25, -0.2) is 0 Å². The van der Waals surface area contributed by atoms with Crippen LogP contribution in [0.1, 0.15) is 32.1 Å². The minimum absolute atomic E-state index is 0.0482. The van der Waals surface area contributed by atoms with E-state index in [1.807, 2.05) is 31.2 Å². The largest absolute Gasteiger partial charge is 0.467 e. The highest BCUT2D eigenvalue weighted by Gasteiger charge is 2.43. The number of carbonyl (C=O) groups excluding carboxylic acids is 2. The molecule has 1 aliphatic heterocycles. The highest BCUT2D eigenvalue weighted by molar-refractivity contribution is 6.12. The average Bonchev–Trinajstić information content (AvgIpc) is 3.18. The number of furan rings is 1. The van der Waals surface area contributed by atoms with Crippen molar-refractivity contribution in [1.29, 1.82) is 0 Å². The molecule has 5 heteroatoms. The molecule has 2 amide bonds. The van der Waals surface area contributed by atoms with Crippen LogP contribution in [0.25, 0.3) is 0 Å². The third kappa shape index (κ3) is 2.82. The van der Waals surface area contributed by atoms with E-state index in [4.69, 9.17) is 4.42 Å². The van der Waals surface area contributed by atoms with Gasteiger partial charge in [-0.15, -0.1) is 0 Å². The van der Waals surface area contributed by atoms with Gasteiger partial charge in [-0.3, -0.25) is 9.59 Å². The SMILES string of the molecule is CC1Cc2ccccc2N1C(=O)C(C)(C)C(=O)NCc1ccco1. The van der Waals surface area contributed by atoms with E-state index in [0.29, 0.717) is 5.76 Å². The van der Waals surface area contributed by atoms with E-state index < -0.39 is 5.41 Å². The molecule has 24 heavy (non-hydrogen) atoms. The molecule has 0 bridgehead atoms. The van der Waals surface area contributed by atoms with Crippen molar-refractivity contribution in [2.75, 3.05) is 4.90 Å². The Morgan fingerprint density at radius 1 is 1.25 bits per heavy atom. The molecule has 0 spiro atoms. The van der Waals surface area contributed by atoms with Crippen LogP contribution in [0.5, 0.6) is 0 Å². The summed E-state index contributed by atoms with van der Waals surface area (Å²) < 4.78 is 5.21. The topological polar surface area (TPSA) is 62.6 Å². The molecule has 0 aliphatic carbocycles. The van der Waals surface area contributed by atoms with Crippen LogP contribution in [0.3, 0.4) is 0 Å². The number of carbonyl (C=O) groups is 2. The first-order valence-corrected chi connectivity index (χ1v) is 8.13. The van der Waals surface area contributed by atoms with Gasteiger partial charge in [0, 0.05) is 11.7 Å². The lowest BCUT2D eigenvalue weighted by atomic mass is 9.89. The summed E-state index contributed by atoms with van der Waals surface area (Å²) in [4.78, 5) is 27.4. The van der Waals surface area contributed by atoms with E-state index in [1.54, 1.807) is 37.1 Å². The highest BCUT2D eigenvalue weighted by atomic mass is 16.3. The summed E-state index contributed by atoms with van der Waals surface area (Å²) in [5.74, 6) is 0.170. The Labute approximate surface area is 141 Å². The van der Waals surface area contributed by atoms with Crippen molar-refractivity contribution in [2.45, 2.75) is 39.8 Å². The number of fused-ring (bicyclic) bond motifs is 1. The molecule has 0 saturated heterocycles. The molecule has 1 N–H and O–H groups in total. The van der Waals surface area contributed by atoms with E-state index >= 15 is 0 Å². The Morgan fingerprint density at radius 2 is 2.00 bits per heavy atom. The summed E-state index contributed by atoms with van der Waals surface area (Å²) in [5.41, 5.74) is 0.894. The van der Waals surface area contributed by atoms with Gasteiger partial charge in [0.15, 0.2) is 0 Å². The van der Waals surface area contributed by atoms with Gasteiger partial charge < -0.3 is 14.6 Å². The lowest BCUT2D eigenvalue weighted by Crippen LogP contribution is -2.51. The van der Waals surface area contributed by atoms with E-state index in [2.05, 4.69) is 5.32 Å². The van der Waals surface area contributed by atoms with Crippen molar-refractivity contribution in [3.05, 3.63) is 54.0 Å². The van der Waals surface area contributed by atoms with Gasteiger partial charge in [0.25, 0.3) is 0 Å². The summed E-state index contributed by atoms with van der Waals surface area (Å²) in [5, 5.41) is 2.79. The Bertz CT molecular complexity index is 750. The normalized spacial score (nSPS) is 16.8. The molecule has 2 aromatic rings. The number of anilines is 1. The smallest absolute Gasteiger partial charge is 0.242 e. The van der Waals surface area contributed by atoms with E-state index in [1.165, 1.54) is 0 Å². The molecule has 126 valence electrons. The third-order valence-electron chi connectivity index (χ3n) is 4.53. The maximum atomic E-state index is 13.1. The van der Waals surface area contributed by atoms with Crippen molar-refractivity contribution in [3.63, 3.8) is 0 Å². The van der Waals surface area contributed by atoms with Crippen molar-refractivity contribution in [3.8, 4) is 0 Å². The minimum Gasteiger partial charge on any atom is -0.467 e. The lowest BCUT2D eigenvalue weighted by molar-refractivity contribution is -0.140. The number of benzene rings is 1. The molecule has 5 nitrogen and oxygen atoms in total. The Balaban J connectivity index is 1.76. The maximum Gasteiger partial charge on any atom is 0.242 e. The molecule has 1 unspecified atom stereocenters. The zero-order chi connectivity index (χ0) is 17.3. The molecular formula is C19H22N2O3. The van der Waals surface area contributed by atoms with E-state index in [0.717, 1.165) is 17.7 Å². The summed E-state index contributed by atoms with van der Waals surface area (Å²) >= 11 is 0. The van der Waals surface area contributed by atoms with E-state index in [-0.39, 0.29) is 24.4 Å². The van der Waals surface area contributed by atoms with Crippen LogP contribution >= 0.6 is 0 Å². The van der Waals surface area contributed by atoms with Gasteiger partial charge in [-0.1, -0.05) is 18.2 Å². The van der Waals surface area contributed by atoms with Gasteiger partial charge in [0.05, 0.1) is 12.8 Å². The Kier molecular flexibility index (Phi) is 4.18. The van der Waals surface area contributed by atoms with Crippen LogP contribution < -0.4 is 10.2 Å². The summed E-state index contributed by atoms with van der Waals surface area (Å²) in [7, 11) is 0. The van der Waals surface area contributed by atoms with Crippen LogP contribution in [-0.4, -0.2) is 17.9 Å².